The van der Waals surface area contributed by atoms with Gasteiger partial charge in [-0.1, -0.05) is 12.1 Å². The van der Waals surface area contributed by atoms with Gasteiger partial charge in [0.15, 0.2) is 5.56 Å². The van der Waals surface area contributed by atoms with Gasteiger partial charge in [-0.2, -0.15) is 0 Å². The number of aromatic nitrogens is 1. The van der Waals surface area contributed by atoms with Crippen LogP contribution in [0.4, 0.5) is 0 Å². The van der Waals surface area contributed by atoms with Gasteiger partial charge in [-0.05, 0) is 35.7 Å². The lowest BCUT2D eigenvalue weighted by molar-refractivity contribution is 0.0689. The highest BCUT2D eigenvalue weighted by Gasteiger charge is 2.21. The first-order valence-electron chi connectivity index (χ1n) is 7.00. The minimum Gasteiger partial charge on any atom is -0.506 e. The van der Waals surface area contributed by atoms with Crippen LogP contribution in [0.15, 0.2) is 45.7 Å². The van der Waals surface area contributed by atoms with Crippen molar-refractivity contribution in [3.8, 4) is 11.5 Å². The van der Waals surface area contributed by atoms with Crippen LogP contribution in [0.5, 0.6) is 11.5 Å². The number of carboxylic acids is 1. The summed E-state index contributed by atoms with van der Waals surface area (Å²) in [4.78, 5) is 26.6. The van der Waals surface area contributed by atoms with Crippen molar-refractivity contribution in [2.45, 2.75) is 6.42 Å². The van der Waals surface area contributed by atoms with Crippen LogP contribution < -0.4 is 10.4 Å². The average Bonchev–Trinajstić information content (AvgIpc) is 2.56. The number of rotatable bonds is 4. The molecule has 2 N–H and O–H groups in total. The Labute approximate surface area is 135 Å². The fourth-order valence-electron chi connectivity index (χ4n) is 2.38. The molecule has 0 saturated carbocycles. The van der Waals surface area contributed by atoms with E-state index in [4.69, 9.17) is 14.3 Å². The van der Waals surface area contributed by atoms with E-state index < -0.39 is 22.9 Å². The summed E-state index contributed by atoms with van der Waals surface area (Å²) < 4.78 is 9.94. The number of methoxy groups -OCH3 is 1. The number of carboxylic acid groups (broad SMARTS) is 1. The van der Waals surface area contributed by atoms with Gasteiger partial charge in [-0.15, -0.1) is 0 Å². The predicted octanol–water partition coefficient (Wildman–Crippen LogP) is 2.19. The van der Waals surface area contributed by atoms with E-state index in [1.54, 1.807) is 13.2 Å². The van der Waals surface area contributed by atoms with Gasteiger partial charge >= 0.3 is 11.6 Å². The van der Waals surface area contributed by atoms with E-state index in [1.165, 1.54) is 6.20 Å². The topological polar surface area (TPSA) is 110 Å². The molecule has 7 nitrogen and oxygen atoms in total. The van der Waals surface area contributed by atoms with Gasteiger partial charge < -0.3 is 19.4 Å². The van der Waals surface area contributed by atoms with Gasteiger partial charge in [-0.3, -0.25) is 0 Å². The number of hydrogen-bond acceptors (Lipinski definition) is 6. The minimum absolute atomic E-state index is 0.0815. The number of pyridine rings is 1. The SMILES string of the molecule is COc1ccc(Cc2cnc3oc(=O)c(C(=O)O)c(O)c3c2)cc1. The van der Waals surface area contributed by atoms with Gasteiger partial charge in [0.25, 0.3) is 0 Å². The molecule has 0 unspecified atom stereocenters. The second-order valence-corrected chi connectivity index (χ2v) is 5.14. The van der Waals surface area contributed by atoms with E-state index in [2.05, 4.69) is 4.98 Å². The highest BCUT2D eigenvalue weighted by molar-refractivity contribution is 5.96. The van der Waals surface area contributed by atoms with E-state index in [0.717, 1.165) is 16.9 Å². The summed E-state index contributed by atoms with van der Waals surface area (Å²) in [5.74, 6) is -1.46. The molecule has 0 spiro atoms. The Morgan fingerprint density at radius 2 is 1.96 bits per heavy atom. The quantitative estimate of drug-likeness (QED) is 0.755. The molecule has 0 fully saturated rings. The molecule has 0 bridgehead atoms. The monoisotopic (exact) mass is 327 g/mol. The molecule has 0 aliphatic heterocycles. The largest absolute Gasteiger partial charge is 0.506 e. The highest BCUT2D eigenvalue weighted by atomic mass is 16.5. The van der Waals surface area contributed by atoms with E-state index in [0.29, 0.717) is 6.42 Å². The Kier molecular flexibility index (Phi) is 3.91. The molecule has 2 aromatic heterocycles. The first-order chi connectivity index (χ1) is 11.5. The van der Waals surface area contributed by atoms with Crippen molar-refractivity contribution in [1.82, 2.24) is 4.98 Å². The fraction of sp³-hybridized carbons (Fsp3) is 0.118. The molecule has 0 saturated heterocycles. The summed E-state index contributed by atoms with van der Waals surface area (Å²) in [5.41, 5.74) is -0.338. The molecular weight excluding hydrogens is 314 g/mol. The lowest BCUT2D eigenvalue weighted by Gasteiger charge is -2.06. The maximum absolute atomic E-state index is 11.6. The fourth-order valence-corrected chi connectivity index (χ4v) is 2.38. The number of aromatic carboxylic acids is 1. The molecule has 122 valence electrons. The van der Waals surface area contributed by atoms with Crippen LogP contribution in [0, 0.1) is 0 Å². The van der Waals surface area contributed by atoms with Crippen LogP contribution in [0.3, 0.4) is 0 Å². The van der Waals surface area contributed by atoms with Crippen molar-refractivity contribution in [1.29, 1.82) is 0 Å². The van der Waals surface area contributed by atoms with Crippen LogP contribution in [-0.4, -0.2) is 28.3 Å². The molecule has 24 heavy (non-hydrogen) atoms. The molecule has 7 heteroatoms. The first-order valence-corrected chi connectivity index (χ1v) is 7.00. The number of hydrogen-bond donors (Lipinski definition) is 2. The van der Waals surface area contributed by atoms with Crippen LogP contribution in [0.2, 0.25) is 0 Å². The Morgan fingerprint density at radius 3 is 2.58 bits per heavy atom. The third-order valence-electron chi connectivity index (χ3n) is 3.57. The summed E-state index contributed by atoms with van der Waals surface area (Å²) in [6.07, 6.45) is 2.02. The van der Waals surface area contributed by atoms with Gasteiger partial charge in [0.05, 0.1) is 12.5 Å². The summed E-state index contributed by atoms with van der Waals surface area (Å²) in [6, 6.07) is 8.97. The summed E-state index contributed by atoms with van der Waals surface area (Å²) >= 11 is 0. The average molecular weight is 327 g/mol. The Hall–Kier alpha value is -3.35. The van der Waals surface area contributed by atoms with Gasteiger partial charge in [0, 0.05) is 6.20 Å². The maximum atomic E-state index is 11.6. The second kappa shape index (κ2) is 6.04. The summed E-state index contributed by atoms with van der Waals surface area (Å²) in [5, 5.41) is 19.2. The first kappa shape index (κ1) is 15.5. The zero-order valence-corrected chi connectivity index (χ0v) is 12.6. The van der Waals surface area contributed by atoms with E-state index in [9.17, 15) is 14.7 Å². The van der Waals surface area contributed by atoms with Crippen molar-refractivity contribution < 1.29 is 24.2 Å². The molecule has 3 aromatic rings. The minimum atomic E-state index is -1.55. The number of aromatic hydroxyl groups is 1. The number of fused-ring (bicyclic) bond motifs is 1. The normalized spacial score (nSPS) is 10.7. The van der Waals surface area contributed by atoms with Gasteiger partial charge in [0.2, 0.25) is 5.71 Å². The van der Waals surface area contributed by atoms with E-state index in [-0.39, 0.29) is 11.1 Å². The van der Waals surface area contributed by atoms with Crippen molar-refractivity contribution in [2.24, 2.45) is 0 Å². The smallest absolute Gasteiger partial charge is 0.356 e. The van der Waals surface area contributed by atoms with Crippen molar-refractivity contribution in [3.05, 3.63) is 63.6 Å². The standard InChI is InChI=1S/C17H13NO6/c1-23-11-4-2-9(3-5-11)6-10-7-12-14(19)13(16(20)21)17(22)24-15(12)18-8-10/h2-5,7-8,19H,6H2,1H3,(H,20,21). The number of ether oxygens (including phenoxy) is 1. The Morgan fingerprint density at radius 1 is 1.25 bits per heavy atom. The molecule has 0 aliphatic carbocycles. The predicted molar refractivity (Wildman–Crippen MR) is 84.7 cm³/mol. The third kappa shape index (κ3) is 2.79. The lowest BCUT2D eigenvalue weighted by Crippen LogP contribution is -2.14. The van der Waals surface area contributed by atoms with E-state index >= 15 is 0 Å². The van der Waals surface area contributed by atoms with Gasteiger partial charge in [-0.25, -0.2) is 14.6 Å². The zero-order chi connectivity index (χ0) is 17.3. The molecule has 1 aromatic carbocycles. The second-order valence-electron chi connectivity index (χ2n) is 5.14. The number of nitrogens with zero attached hydrogens (tertiary/aromatic N) is 1. The van der Waals surface area contributed by atoms with Crippen LogP contribution in [-0.2, 0) is 6.42 Å². The van der Waals surface area contributed by atoms with Crippen molar-refractivity contribution >= 4 is 17.1 Å². The highest BCUT2D eigenvalue weighted by Crippen LogP contribution is 2.26. The van der Waals surface area contributed by atoms with Crippen LogP contribution in [0.1, 0.15) is 21.5 Å². The summed E-state index contributed by atoms with van der Waals surface area (Å²) in [6.45, 7) is 0. The van der Waals surface area contributed by atoms with Gasteiger partial charge in [0.1, 0.15) is 11.5 Å². The van der Waals surface area contributed by atoms with Crippen molar-refractivity contribution in [3.63, 3.8) is 0 Å². The summed E-state index contributed by atoms with van der Waals surface area (Å²) in [7, 11) is 1.58. The maximum Gasteiger partial charge on any atom is 0.356 e. The van der Waals surface area contributed by atoms with Crippen LogP contribution >= 0.6 is 0 Å². The molecule has 3 rings (SSSR count). The lowest BCUT2D eigenvalue weighted by atomic mass is 10.0. The third-order valence-corrected chi connectivity index (χ3v) is 3.57. The Balaban J connectivity index is 2.03. The molecular formula is C17H13NO6. The number of benzene rings is 1. The molecule has 0 amide bonds. The zero-order valence-electron chi connectivity index (χ0n) is 12.6. The molecule has 0 aliphatic rings. The number of carbonyl (C=O) groups is 1. The van der Waals surface area contributed by atoms with Crippen molar-refractivity contribution in [2.75, 3.05) is 7.11 Å². The Bertz CT molecular complexity index is 975. The molecule has 2 heterocycles. The molecule has 0 atom stereocenters. The van der Waals surface area contributed by atoms with E-state index in [1.807, 2.05) is 24.3 Å². The van der Waals surface area contributed by atoms with Crippen LogP contribution in [0.25, 0.3) is 11.1 Å². The molecule has 0 radical (unpaired) electrons.